The molecule has 0 unspecified atom stereocenters. The molecule has 0 amide bonds. The van der Waals surface area contributed by atoms with E-state index < -0.39 is 0 Å². The van der Waals surface area contributed by atoms with Crippen LogP contribution in [0, 0.1) is 12.8 Å². The van der Waals surface area contributed by atoms with Crippen molar-refractivity contribution in [3.05, 3.63) is 58.2 Å². The van der Waals surface area contributed by atoms with E-state index >= 15 is 0 Å². The molecule has 0 bridgehead atoms. The zero-order valence-corrected chi connectivity index (χ0v) is 18.7. The summed E-state index contributed by atoms with van der Waals surface area (Å²) in [5.41, 5.74) is 4.56. The zero-order valence-electron chi connectivity index (χ0n) is 18.7. The number of carbonyl (C=O) groups excluding carboxylic acids is 1. The van der Waals surface area contributed by atoms with Gasteiger partial charge in [0, 0.05) is 22.6 Å². The Morgan fingerprint density at radius 1 is 1.13 bits per heavy atom. The van der Waals surface area contributed by atoms with Gasteiger partial charge in [-0.25, -0.2) is 0 Å². The summed E-state index contributed by atoms with van der Waals surface area (Å²) in [5, 5.41) is 0. The molecular formula is C26H30O4. The van der Waals surface area contributed by atoms with E-state index in [-0.39, 0.29) is 23.2 Å². The summed E-state index contributed by atoms with van der Waals surface area (Å²) >= 11 is 0. The van der Waals surface area contributed by atoms with Crippen molar-refractivity contribution in [2.24, 2.45) is 5.92 Å². The van der Waals surface area contributed by atoms with Crippen LogP contribution in [-0.2, 0) is 6.42 Å². The maximum absolute atomic E-state index is 13.6. The minimum Gasteiger partial charge on any atom is -0.496 e. The van der Waals surface area contributed by atoms with Crippen molar-refractivity contribution in [1.82, 2.24) is 0 Å². The molecule has 1 aliphatic carbocycles. The van der Waals surface area contributed by atoms with Gasteiger partial charge in [0.05, 0.1) is 19.6 Å². The van der Waals surface area contributed by atoms with E-state index in [1.54, 1.807) is 7.11 Å². The van der Waals surface area contributed by atoms with Crippen molar-refractivity contribution < 1.29 is 19.0 Å². The highest BCUT2D eigenvalue weighted by Crippen LogP contribution is 2.48. The third kappa shape index (κ3) is 3.19. The molecule has 0 saturated carbocycles. The third-order valence-electron chi connectivity index (χ3n) is 6.14. The number of carbonyl (C=O) groups is 1. The lowest BCUT2D eigenvalue weighted by molar-refractivity contribution is 0.0850. The molecule has 4 heteroatoms. The summed E-state index contributed by atoms with van der Waals surface area (Å²) < 4.78 is 17.7. The number of ketones is 1. The maximum atomic E-state index is 13.6. The van der Waals surface area contributed by atoms with Gasteiger partial charge in [-0.3, -0.25) is 4.79 Å². The Morgan fingerprint density at radius 3 is 2.63 bits per heavy atom. The molecule has 0 N–H and O–H groups in total. The molecule has 2 atom stereocenters. The molecule has 0 radical (unpaired) electrons. The Kier molecular flexibility index (Phi) is 5.13. The summed E-state index contributed by atoms with van der Waals surface area (Å²) in [6.45, 7) is 10.6. The number of ether oxygens (including phenoxy) is 3. The lowest BCUT2D eigenvalue weighted by atomic mass is 9.69. The van der Waals surface area contributed by atoms with Crippen LogP contribution < -0.4 is 14.2 Å². The van der Waals surface area contributed by atoms with Crippen molar-refractivity contribution in [3.63, 3.8) is 0 Å². The number of rotatable bonds is 1. The summed E-state index contributed by atoms with van der Waals surface area (Å²) in [4.78, 5) is 13.6. The molecule has 158 valence electrons. The standard InChI is InChI=1S/C24H24O4.C2H6/c1-13-9-21-18(11-20(13)26-4)22-14(12-27-21)10-17-15-7-8-24(2,3)28-19(15)6-5-16(17)23(22)25;1-2/h5-9,11,14,22H,10,12H2,1-4H3;1-2H3/t14-,22-;/m1./s1. The SMILES string of the molecule is CC.COc1cc2c(cc1C)OC[C@H]1Cc3c(ccc4c3C=CC(C)(C)O4)C(=O)[C@@H]21. The molecule has 2 heterocycles. The lowest BCUT2D eigenvalue weighted by Gasteiger charge is -2.38. The smallest absolute Gasteiger partial charge is 0.171 e. The van der Waals surface area contributed by atoms with E-state index in [2.05, 4.69) is 12.2 Å². The van der Waals surface area contributed by atoms with Crippen LogP contribution in [0.15, 0.2) is 30.3 Å². The average Bonchev–Trinajstić information content (AvgIpc) is 2.73. The number of methoxy groups -OCH3 is 1. The van der Waals surface area contributed by atoms with Gasteiger partial charge in [0.1, 0.15) is 22.8 Å². The van der Waals surface area contributed by atoms with Gasteiger partial charge in [-0.15, -0.1) is 0 Å². The number of fused-ring (bicyclic) bond motifs is 6. The molecule has 0 saturated heterocycles. The summed E-state index contributed by atoms with van der Waals surface area (Å²) in [6, 6.07) is 7.84. The minimum atomic E-state index is -0.330. The molecule has 3 aliphatic rings. The quantitative estimate of drug-likeness (QED) is 0.605. The monoisotopic (exact) mass is 406 g/mol. The molecule has 2 aromatic rings. The highest BCUT2D eigenvalue weighted by Gasteiger charge is 2.43. The fraction of sp³-hybridized carbons (Fsp3) is 0.423. The molecule has 2 aromatic carbocycles. The highest BCUT2D eigenvalue weighted by atomic mass is 16.5. The van der Waals surface area contributed by atoms with Gasteiger partial charge in [0.25, 0.3) is 0 Å². The van der Waals surface area contributed by atoms with Crippen molar-refractivity contribution in [2.75, 3.05) is 13.7 Å². The third-order valence-corrected chi connectivity index (χ3v) is 6.14. The number of aryl methyl sites for hydroxylation is 1. The first-order chi connectivity index (χ1) is 14.4. The normalized spacial score (nSPS) is 22.1. The summed E-state index contributed by atoms with van der Waals surface area (Å²) in [5.74, 6) is 2.56. The summed E-state index contributed by atoms with van der Waals surface area (Å²) in [6.07, 6.45) is 4.97. The second-order valence-corrected chi connectivity index (χ2v) is 8.52. The second kappa shape index (κ2) is 7.50. The van der Waals surface area contributed by atoms with Gasteiger partial charge in [-0.1, -0.05) is 19.9 Å². The lowest BCUT2D eigenvalue weighted by Crippen LogP contribution is -2.37. The Labute approximate surface area is 178 Å². The van der Waals surface area contributed by atoms with Crippen LogP contribution in [0.5, 0.6) is 17.2 Å². The van der Waals surface area contributed by atoms with E-state index in [1.807, 2.05) is 58.9 Å². The first kappa shape index (κ1) is 20.5. The van der Waals surface area contributed by atoms with Crippen LogP contribution in [0.3, 0.4) is 0 Å². The predicted molar refractivity (Wildman–Crippen MR) is 119 cm³/mol. The number of Topliss-reactive ketones (excluding diaryl/α,β-unsaturated/α-hetero) is 1. The van der Waals surface area contributed by atoms with Gasteiger partial charge in [-0.05, 0) is 68.7 Å². The van der Waals surface area contributed by atoms with E-state index in [1.165, 1.54) is 0 Å². The van der Waals surface area contributed by atoms with Crippen LogP contribution in [0.2, 0.25) is 0 Å². The molecule has 2 aliphatic heterocycles. The van der Waals surface area contributed by atoms with Crippen molar-refractivity contribution in [2.45, 2.75) is 52.6 Å². The van der Waals surface area contributed by atoms with E-state index in [0.29, 0.717) is 6.61 Å². The van der Waals surface area contributed by atoms with E-state index in [0.717, 1.165) is 51.5 Å². The topological polar surface area (TPSA) is 44.8 Å². The number of hydrogen-bond donors (Lipinski definition) is 0. The first-order valence-corrected chi connectivity index (χ1v) is 10.8. The Hall–Kier alpha value is -2.75. The molecule has 4 nitrogen and oxygen atoms in total. The van der Waals surface area contributed by atoms with Crippen LogP contribution >= 0.6 is 0 Å². The van der Waals surface area contributed by atoms with E-state index in [9.17, 15) is 4.79 Å². The van der Waals surface area contributed by atoms with Crippen LogP contribution in [0.4, 0.5) is 0 Å². The molecule has 0 spiro atoms. The second-order valence-electron chi connectivity index (χ2n) is 8.52. The van der Waals surface area contributed by atoms with Gasteiger partial charge < -0.3 is 14.2 Å². The zero-order chi connectivity index (χ0) is 21.6. The predicted octanol–water partition coefficient (Wildman–Crippen LogP) is 5.75. The van der Waals surface area contributed by atoms with Gasteiger partial charge in [-0.2, -0.15) is 0 Å². The Bertz CT molecular complexity index is 1030. The largest absolute Gasteiger partial charge is 0.496 e. The number of hydrogen-bond acceptors (Lipinski definition) is 4. The fourth-order valence-electron chi connectivity index (χ4n) is 4.74. The first-order valence-electron chi connectivity index (χ1n) is 10.8. The maximum Gasteiger partial charge on any atom is 0.171 e. The van der Waals surface area contributed by atoms with Crippen molar-refractivity contribution in [3.8, 4) is 17.2 Å². The Morgan fingerprint density at radius 2 is 1.90 bits per heavy atom. The minimum absolute atomic E-state index is 0.120. The van der Waals surface area contributed by atoms with E-state index in [4.69, 9.17) is 14.2 Å². The molecule has 0 aromatic heterocycles. The van der Waals surface area contributed by atoms with Gasteiger partial charge >= 0.3 is 0 Å². The summed E-state index contributed by atoms with van der Waals surface area (Å²) in [7, 11) is 1.66. The molecular weight excluding hydrogens is 376 g/mol. The molecule has 5 rings (SSSR count). The van der Waals surface area contributed by atoms with Gasteiger partial charge in [0.15, 0.2) is 5.78 Å². The average molecular weight is 407 g/mol. The molecule has 0 fully saturated rings. The van der Waals surface area contributed by atoms with Gasteiger partial charge in [0.2, 0.25) is 0 Å². The number of benzene rings is 2. The highest BCUT2D eigenvalue weighted by molar-refractivity contribution is 6.05. The molecule has 30 heavy (non-hydrogen) atoms. The van der Waals surface area contributed by atoms with Crippen LogP contribution in [-0.4, -0.2) is 25.1 Å². The van der Waals surface area contributed by atoms with Crippen molar-refractivity contribution >= 4 is 11.9 Å². The Balaban J connectivity index is 0.00000106. The fourth-order valence-corrected chi connectivity index (χ4v) is 4.74. The van der Waals surface area contributed by atoms with Crippen LogP contribution in [0.25, 0.3) is 6.08 Å². The van der Waals surface area contributed by atoms with Crippen molar-refractivity contribution in [1.29, 1.82) is 0 Å². The van der Waals surface area contributed by atoms with Crippen LogP contribution in [0.1, 0.15) is 66.2 Å².